The summed E-state index contributed by atoms with van der Waals surface area (Å²) in [6.07, 6.45) is 0.731. The van der Waals surface area contributed by atoms with Crippen LogP contribution < -0.4 is 15.4 Å². The van der Waals surface area contributed by atoms with Crippen LogP contribution >= 0.6 is 0 Å². The van der Waals surface area contributed by atoms with E-state index in [-0.39, 0.29) is 23.4 Å². The molecular formula is C51H54N6O6Si. The van der Waals surface area contributed by atoms with Crippen LogP contribution in [0.25, 0.3) is 11.2 Å². The van der Waals surface area contributed by atoms with E-state index in [1.54, 1.807) is 49.8 Å². The van der Waals surface area contributed by atoms with Gasteiger partial charge in [0.05, 0.1) is 30.6 Å². The minimum atomic E-state index is -2.63. The second kappa shape index (κ2) is 18.3. The highest BCUT2D eigenvalue weighted by Gasteiger charge is 2.54. The Balaban J connectivity index is 1.30. The number of nitrogens with one attached hydrogen (secondary N) is 2. The second-order valence-electron chi connectivity index (χ2n) is 17.6. The van der Waals surface area contributed by atoms with Crippen LogP contribution in [0.3, 0.4) is 0 Å². The first-order valence-corrected chi connectivity index (χ1v) is 24.3. The van der Waals surface area contributed by atoms with E-state index < -0.39 is 44.3 Å². The van der Waals surface area contributed by atoms with Crippen molar-refractivity contribution in [2.75, 3.05) is 19.0 Å². The fourth-order valence-electron chi connectivity index (χ4n) is 7.97. The molecule has 0 bridgehead atoms. The maximum Gasteiger partial charge on any atom is 0.338 e. The zero-order chi connectivity index (χ0) is 45.1. The molecule has 1 aliphatic rings. The summed E-state index contributed by atoms with van der Waals surface area (Å²) in [7, 11) is -0.976. The van der Waals surface area contributed by atoms with Crippen LogP contribution in [0.2, 0.25) is 18.1 Å². The molecule has 2 aromatic heterocycles. The molecule has 12 nitrogen and oxygen atoms in total. The van der Waals surface area contributed by atoms with Gasteiger partial charge >= 0.3 is 5.97 Å². The van der Waals surface area contributed by atoms with Gasteiger partial charge in [0, 0.05) is 5.56 Å². The number of ether oxygens (including phenoxy) is 3. The largest absolute Gasteiger partial charge is 0.497 e. The number of imidazole rings is 1. The molecular weight excluding hydrogens is 821 g/mol. The van der Waals surface area contributed by atoms with Crippen molar-refractivity contribution in [2.24, 2.45) is 0 Å². The smallest absolute Gasteiger partial charge is 0.338 e. The molecule has 2 N–H and O–H groups in total. The third kappa shape index (κ3) is 8.84. The molecule has 1 aliphatic heterocycles. The van der Waals surface area contributed by atoms with Gasteiger partial charge in [-0.15, -0.1) is 0 Å². The molecule has 0 radical (unpaired) electrons. The maximum atomic E-state index is 13.8. The number of fused-ring (bicyclic) bond motifs is 1. The number of aromatic nitrogens is 4. The summed E-state index contributed by atoms with van der Waals surface area (Å²) in [5.41, 5.74) is 4.62. The molecule has 5 aromatic carbocycles. The third-order valence-electron chi connectivity index (χ3n) is 12.5. The molecule has 1 amide bonds. The molecule has 8 rings (SSSR count). The highest BCUT2D eigenvalue weighted by atomic mass is 28.4. The topological polar surface area (TPSA) is 139 Å². The van der Waals surface area contributed by atoms with Gasteiger partial charge in [-0.3, -0.25) is 14.7 Å². The Bertz CT molecular complexity index is 2650. The van der Waals surface area contributed by atoms with Crippen molar-refractivity contribution in [1.29, 1.82) is 0 Å². The quantitative estimate of drug-likeness (QED) is 0.0618. The first-order chi connectivity index (χ1) is 30.8. The fraction of sp³-hybridized carbons (Fsp3) is 0.275. The summed E-state index contributed by atoms with van der Waals surface area (Å²) in [6, 6.07) is 44.2. The van der Waals surface area contributed by atoms with Crippen molar-refractivity contribution in [1.82, 2.24) is 24.8 Å². The van der Waals surface area contributed by atoms with Crippen LogP contribution in [0, 0.1) is 6.92 Å². The molecule has 0 aliphatic carbocycles. The normalized spacial score (nSPS) is 17.9. The Kier molecular flexibility index (Phi) is 12.6. The average Bonchev–Trinajstić information content (AvgIpc) is 3.89. The van der Waals surface area contributed by atoms with E-state index in [2.05, 4.69) is 85.9 Å². The van der Waals surface area contributed by atoms with E-state index in [4.69, 9.17) is 28.6 Å². The fourth-order valence-corrected chi connectivity index (χ4v) is 9.26. The number of hydrogen-bond donors (Lipinski definition) is 2. The van der Waals surface area contributed by atoms with Crippen LogP contribution in [0.1, 0.15) is 70.0 Å². The van der Waals surface area contributed by atoms with Crippen LogP contribution in [0.5, 0.6) is 5.75 Å². The Morgan fingerprint density at radius 1 is 0.750 bits per heavy atom. The number of aryl methyl sites for hydroxylation is 1. The van der Waals surface area contributed by atoms with Crippen LogP contribution in [0.15, 0.2) is 152 Å². The Morgan fingerprint density at radius 3 is 1.94 bits per heavy atom. The molecule has 7 aromatic rings. The standard InChI is InChI=1S/C51H54N6O6Si/c1-34-23-25-36(26-24-34)49(59)61-31-41-42(56-51(37-19-13-9-14-20-37,38-21-15-10-16-22-38)39-27-29-40(60-5)30-28-39)44(63-64(6,7)50(2,3)4)48(62-41)57-33-54-43-45(52-32-53-46(43)57)55-47(58)35-17-11-8-12-18-35/h8-30,32-33,41-42,44,48,56H,31H2,1-7H3,(H,52,53,55,58)/t41-,42+,44+,48+/m0/s1. The van der Waals surface area contributed by atoms with Crippen LogP contribution in [0.4, 0.5) is 5.82 Å². The molecule has 0 spiro atoms. The average molecular weight is 875 g/mol. The lowest BCUT2D eigenvalue weighted by atomic mass is 9.76. The number of nitrogens with zero attached hydrogens (tertiary/aromatic N) is 4. The zero-order valence-corrected chi connectivity index (χ0v) is 38.2. The van der Waals surface area contributed by atoms with Gasteiger partial charge in [0.25, 0.3) is 5.91 Å². The van der Waals surface area contributed by atoms with E-state index >= 15 is 0 Å². The molecule has 64 heavy (non-hydrogen) atoms. The van der Waals surface area contributed by atoms with Gasteiger partial charge in [-0.2, -0.15) is 0 Å². The number of rotatable bonds is 14. The highest BCUT2D eigenvalue weighted by molar-refractivity contribution is 6.74. The number of carbonyl (C=O) groups is 2. The van der Waals surface area contributed by atoms with Gasteiger partial charge in [-0.25, -0.2) is 19.7 Å². The first-order valence-electron chi connectivity index (χ1n) is 21.4. The van der Waals surface area contributed by atoms with Gasteiger partial charge in [-0.1, -0.05) is 129 Å². The number of amides is 1. The second-order valence-corrected chi connectivity index (χ2v) is 22.4. The van der Waals surface area contributed by atoms with Gasteiger partial charge in [-0.05, 0) is 78.1 Å². The van der Waals surface area contributed by atoms with Crippen molar-refractivity contribution in [2.45, 2.75) is 75.8 Å². The number of benzene rings is 5. The minimum absolute atomic E-state index is 0.111. The highest BCUT2D eigenvalue weighted by Crippen LogP contribution is 2.46. The number of methoxy groups -OCH3 is 1. The number of hydrogen-bond acceptors (Lipinski definition) is 10. The Hall–Kier alpha value is -6.51. The van der Waals surface area contributed by atoms with Crippen LogP contribution in [-0.4, -0.2) is 71.7 Å². The minimum Gasteiger partial charge on any atom is -0.497 e. The lowest BCUT2D eigenvalue weighted by Gasteiger charge is -2.44. The first kappa shape index (κ1) is 44.1. The number of carbonyl (C=O) groups excluding carboxylic acids is 2. The molecule has 0 saturated carbocycles. The summed E-state index contributed by atoms with van der Waals surface area (Å²) in [6.45, 7) is 12.9. The molecule has 3 heterocycles. The summed E-state index contributed by atoms with van der Waals surface area (Å²) in [4.78, 5) is 41.1. The maximum absolute atomic E-state index is 13.8. The van der Waals surface area contributed by atoms with Gasteiger partial charge in [0.15, 0.2) is 31.5 Å². The number of anilines is 1. The van der Waals surface area contributed by atoms with Crippen molar-refractivity contribution >= 4 is 37.2 Å². The van der Waals surface area contributed by atoms with Gasteiger partial charge < -0.3 is 24.0 Å². The van der Waals surface area contributed by atoms with Crippen molar-refractivity contribution in [3.63, 3.8) is 0 Å². The van der Waals surface area contributed by atoms with E-state index in [1.165, 1.54) is 6.33 Å². The Labute approximate surface area is 375 Å². The van der Waals surface area contributed by atoms with E-state index in [1.807, 2.05) is 78.2 Å². The Morgan fingerprint density at radius 2 is 1.34 bits per heavy atom. The lowest BCUT2D eigenvalue weighted by Crippen LogP contribution is -2.59. The number of esters is 1. The summed E-state index contributed by atoms with van der Waals surface area (Å²) in [5, 5.41) is 6.89. The van der Waals surface area contributed by atoms with Gasteiger partial charge in [0.2, 0.25) is 0 Å². The van der Waals surface area contributed by atoms with Gasteiger partial charge in [0.1, 0.15) is 30.9 Å². The van der Waals surface area contributed by atoms with Crippen molar-refractivity contribution < 1.29 is 28.2 Å². The predicted molar refractivity (Wildman–Crippen MR) is 250 cm³/mol. The molecule has 4 atom stereocenters. The molecule has 328 valence electrons. The zero-order valence-electron chi connectivity index (χ0n) is 37.2. The summed E-state index contributed by atoms with van der Waals surface area (Å²) < 4.78 is 28.4. The third-order valence-corrected chi connectivity index (χ3v) is 16.9. The van der Waals surface area contributed by atoms with E-state index in [9.17, 15) is 9.59 Å². The molecule has 0 unspecified atom stereocenters. The molecule has 1 saturated heterocycles. The lowest BCUT2D eigenvalue weighted by molar-refractivity contribution is -0.0516. The SMILES string of the molecule is COc1ccc(C(N[C@H]2[C@@H](O[Si](C)(C)C(C)(C)C)[C@H](n3cnc4c(NC(=O)c5ccccc5)ncnc43)O[C@H]2COC(=O)c2ccc(C)cc2)(c2ccccc2)c2ccccc2)cc1. The van der Waals surface area contributed by atoms with Crippen molar-refractivity contribution in [3.8, 4) is 5.75 Å². The molecule has 13 heteroatoms. The summed E-state index contributed by atoms with van der Waals surface area (Å²) >= 11 is 0. The van der Waals surface area contributed by atoms with E-state index in [0.29, 0.717) is 22.3 Å². The molecule has 1 fully saturated rings. The summed E-state index contributed by atoms with van der Waals surface area (Å²) in [5.74, 6) is 0.168. The van der Waals surface area contributed by atoms with Crippen molar-refractivity contribution in [3.05, 3.63) is 186 Å². The van der Waals surface area contributed by atoms with E-state index in [0.717, 1.165) is 28.0 Å². The predicted octanol–water partition coefficient (Wildman–Crippen LogP) is 9.49. The monoisotopic (exact) mass is 874 g/mol. The van der Waals surface area contributed by atoms with Crippen LogP contribution in [-0.2, 0) is 19.4 Å².